The minimum absolute atomic E-state index is 0.220. The van der Waals surface area contributed by atoms with Gasteiger partial charge in [-0.1, -0.05) is 46.1 Å². The van der Waals surface area contributed by atoms with E-state index >= 15 is 0 Å². The predicted octanol–water partition coefficient (Wildman–Crippen LogP) is 4.13. The highest BCUT2D eigenvalue weighted by atomic mass is 79.9. The fourth-order valence-electron chi connectivity index (χ4n) is 1.35. The lowest BCUT2D eigenvalue weighted by molar-refractivity contribution is -0.143. The maximum Gasteiger partial charge on any atom is 0.329 e. The van der Waals surface area contributed by atoms with Crippen molar-refractivity contribution in [1.29, 1.82) is 0 Å². The Morgan fingerprint density at radius 1 is 1.35 bits per heavy atom. The smallest absolute Gasteiger partial charge is 0.329 e. The van der Waals surface area contributed by atoms with Crippen molar-refractivity contribution >= 4 is 56.8 Å². The van der Waals surface area contributed by atoms with Crippen molar-refractivity contribution in [2.45, 2.75) is 25.8 Å². The van der Waals surface area contributed by atoms with Crippen molar-refractivity contribution in [2.75, 3.05) is 5.32 Å². The molecule has 1 atom stereocenters. The molecule has 0 radical (unpaired) electrons. The summed E-state index contributed by atoms with van der Waals surface area (Å²) in [6, 6.07) is 2.45. The van der Waals surface area contributed by atoms with E-state index in [1.807, 2.05) is 0 Å². The average Bonchev–Trinajstić information content (AvgIpc) is 2.33. The summed E-state index contributed by atoms with van der Waals surface area (Å²) in [6.07, 6.45) is 0.234. The molecule has 0 fully saturated rings. The molecule has 0 spiro atoms. The molecule has 1 rings (SSSR count). The number of amides is 2. The van der Waals surface area contributed by atoms with Gasteiger partial charge in [-0.05, 0) is 25.5 Å². The Labute approximate surface area is 134 Å². The van der Waals surface area contributed by atoms with Gasteiger partial charge in [-0.15, -0.1) is 0 Å². The number of anilines is 1. The maximum absolute atomic E-state index is 11.9. The Morgan fingerprint density at radius 2 is 1.85 bits per heavy atom. The van der Waals surface area contributed by atoms with E-state index in [4.69, 9.17) is 28.3 Å². The Balaban J connectivity index is 2.90. The zero-order chi connectivity index (χ0) is 15.5. The minimum Gasteiger partial charge on any atom is -0.480 e. The van der Waals surface area contributed by atoms with E-state index in [-0.39, 0.29) is 22.2 Å². The number of hydrogen-bond donors (Lipinski definition) is 3. The van der Waals surface area contributed by atoms with Gasteiger partial charge in [-0.3, -0.25) is 0 Å². The number of carboxylic acids is 1. The topological polar surface area (TPSA) is 78.4 Å². The third-order valence-corrected chi connectivity index (χ3v) is 3.87. The predicted molar refractivity (Wildman–Crippen MR) is 82.6 cm³/mol. The van der Waals surface area contributed by atoms with E-state index in [0.717, 1.165) is 0 Å². The largest absolute Gasteiger partial charge is 0.480 e. The molecule has 0 bridgehead atoms. The van der Waals surface area contributed by atoms with Gasteiger partial charge >= 0.3 is 12.0 Å². The van der Waals surface area contributed by atoms with Crippen LogP contribution >= 0.6 is 39.1 Å². The molecule has 0 saturated carbocycles. The summed E-state index contributed by atoms with van der Waals surface area (Å²) >= 11 is 15.2. The van der Waals surface area contributed by atoms with Crippen LogP contribution in [0.4, 0.5) is 10.5 Å². The minimum atomic E-state index is -1.36. The number of carbonyl (C=O) groups is 2. The van der Waals surface area contributed by atoms with Crippen LogP contribution in [0.2, 0.25) is 10.0 Å². The van der Waals surface area contributed by atoms with Gasteiger partial charge in [0.05, 0.1) is 15.7 Å². The molecule has 110 valence electrons. The fourth-order valence-corrected chi connectivity index (χ4v) is 2.65. The van der Waals surface area contributed by atoms with E-state index in [9.17, 15) is 9.59 Å². The van der Waals surface area contributed by atoms with Crippen LogP contribution in [0.25, 0.3) is 0 Å². The normalized spacial score (nSPS) is 13.4. The Kier molecular flexibility index (Phi) is 5.68. The number of carboxylic acid groups (broad SMARTS) is 1. The standard InChI is InChI=1S/C12H13BrCl2N2O3/c1-3-12(2,10(18)19)17-11(20)16-9-7(14)4-6(13)5-8(9)15/h4-5H,3H2,1-2H3,(H,18,19)(H2,16,17,20). The van der Waals surface area contributed by atoms with Crippen molar-refractivity contribution in [1.82, 2.24) is 5.32 Å². The highest BCUT2D eigenvalue weighted by molar-refractivity contribution is 9.10. The van der Waals surface area contributed by atoms with Gasteiger partial charge in [-0.2, -0.15) is 0 Å². The van der Waals surface area contributed by atoms with Crippen LogP contribution in [-0.2, 0) is 4.79 Å². The van der Waals surface area contributed by atoms with Gasteiger partial charge in [0, 0.05) is 4.47 Å². The number of nitrogens with one attached hydrogen (secondary N) is 2. The van der Waals surface area contributed by atoms with Crippen molar-refractivity contribution in [2.24, 2.45) is 0 Å². The molecule has 0 saturated heterocycles. The number of aliphatic carboxylic acids is 1. The monoisotopic (exact) mass is 382 g/mol. The molecule has 3 N–H and O–H groups in total. The first kappa shape index (κ1) is 17.1. The summed E-state index contributed by atoms with van der Waals surface area (Å²) in [6.45, 7) is 3.08. The van der Waals surface area contributed by atoms with Crippen LogP contribution < -0.4 is 10.6 Å². The molecule has 1 aromatic carbocycles. The zero-order valence-corrected chi connectivity index (χ0v) is 13.9. The van der Waals surface area contributed by atoms with Crippen LogP contribution in [0.15, 0.2) is 16.6 Å². The number of carbonyl (C=O) groups excluding carboxylic acids is 1. The molecule has 1 aromatic rings. The summed E-state index contributed by atoms with van der Waals surface area (Å²) in [4.78, 5) is 23.0. The van der Waals surface area contributed by atoms with Gasteiger partial charge in [0.1, 0.15) is 5.54 Å². The van der Waals surface area contributed by atoms with Crippen molar-refractivity contribution < 1.29 is 14.7 Å². The molecule has 5 nitrogen and oxygen atoms in total. The summed E-state index contributed by atoms with van der Waals surface area (Å²) in [5.74, 6) is -1.12. The van der Waals surface area contributed by atoms with Crippen LogP contribution in [0, 0.1) is 0 Å². The first-order valence-corrected chi connectivity index (χ1v) is 7.21. The van der Waals surface area contributed by atoms with Gasteiger partial charge in [0.15, 0.2) is 0 Å². The van der Waals surface area contributed by atoms with Crippen LogP contribution in [-0.4, -0.2) is 22.6 Å². The Bertz CT molecular complexity index is 530. The Hall–Kier alpha value is -0.980. The molecule has 0 aromatic heterocycles. The second-order valence-electron chi connectivity index (χ2n) is 4.31. The molecular formula is C12H13BrCl2N2O3. The molecule has 8 heteroatoms. The molecule has 0 aliphatic heterocycles. The van der Waals surface area contributed by atoms with Crippen LogP contribution in [0.1, 0.15) is 20.3 Å². The molecule has 0 aliphatic rings. The summed E-state index contributed by atoms with van der Waals surface area (Å²) in [5.41, 5.74) is -1.14. The van der Waals surface area contributed by atoms with E-state index in [0.29, 0.717) is 4.47 Å². The van der Waals surface area contributed by atoms with Gasteiger partial charge in [0.2, 0.25) is 0 Å². The van der Waals surface area contributed by atoms with Gasteiger partial charge in [0.25, 0.3) is 0 Å². The number of urea groups is 1. The molecule has 1 unspecified atom stereocenters. The van der Waals surface area contributed by atoms with Crippen molar-refractivity contribution in [3.63, 3.8) is 0 Å². The second kappa shape index (κ2) is 6.65. The van der Waals surface area contributed by atoms with Gasteiger partial charge in [-0.25, -0.2) is 9.59 Å². The Morgan fingerprint density at radius 3 is 2.25 bits per heavy atom. The highest BCUT2D eigenvalue weighted by Gasteiger charge is 2.33. The second-order valence-corrected chi connectivity index (χ2v) is 6.04. The highest BCUT2D eigenvalue weighted by Crippen LogP contribution is 2.33. The summed E-state index contributed by atoms with van der Waals surface area (Å²) < 4.78 is 0.669. The number of hydrogen-bond acceptors (Lipinski definition) is 2. The third-order valence-electron chi connectivity index (χ3n) is 2.81. The first-order valence-electron chi connectivity index (χ1n) is 5.66. The molecular weight excluding hydrogens is 371 g/mol. The fraction of sp³-hybridized carbons (Fsp3) is 0.333. The first-order chi connectivity index (χ1) is 9.19. The van der Waals surface area contributed by atoms with E-state index in [2.05, 4.69) is 26.6 Å². The van der Waals surface area contributed by atoms with Gasteiger partial charge < -0.3 is 15.7 Å². The quantitative estimate of drug-likeness (QED) is 0.731. The number of halogens is 3. The van der Waals surface area contributed by atoms with Crippen molar-refractivity contribution in [3.05, 3.63) is 26.7 Å². The molecule has 20 heavy (non-hydrogen) atoms. The maximum atomic E-state index is 11.9. The zero-order valence-electron chi connectivity index (χ0n) is 10.8. The molecule has 0 heterocycles. The van der Waals surface area contributed by atoms with Crippen LogP contribution in [0.3, 0.4) is 0 Å². The lowest BCUT2D eigenvalue weighted by Gasteiger charge is -2.25. The molecule has 2 amide bonds. The number of benzene rings is 1. The van der Waals surface area contributed by atoms with E-state index in [1.165, 1.54) is 6.92 Å². The lowest BCUT2D eigenvalue weighted by Crippen LogP contribution is -2.53. The average molecular weight is 384 g/mol. The third kappa shape index (κ3) is 4.01. The summed E-state index contributed by atoms with van der Waals surface area (Å²) in [7, 11) is 0. The number of rotatable bonds is 4. The summed E-state index contributed by atoms with van der Waals surface area (Å²) in [5, 5.41) is 14.4. The molecule has 0 aliphatic carbocycles. The van der Waals surface area contributed by atoms with Crippen molar-refractivity contribution in [3.8, 4) is 0 Å². The van der Waals surface area contributed by atoms with E-state index in [1.54, 1.807) is 19.1 Å². The SMILES string of the molecule is CCC(C)(NC(=O)Nc1c(Cl)cc(Br)cc1Cl)C(=O)O. The van der Waals surface area contributed by atoms with Crippen LogP contribution in [0.5, 0.6) is 0 Å². The van der Waals surface area contributed by atoms with E-state index < -0.39 is 17.5 Å². The lowest BCUT2D eigenvalue weighted by atomic mass is 10.00.